The smallest absolute Gasteiger partial charge is 0.194 e. The third-order valence-corrected chi connectivity index (χ3v) is 23.4. The molecule has 14 heterocycles. The number of hydrogen-bond acceptors (Lipinski definition) is 13. The fraction of sp³-hybridized carbons (Fsp3) is 0.598. The number of hydrogen-bond donors (Lipinski definition) is 1. The van der Waals surface area contributed by atoms with E-state index in [1.54, 1.807) is 50.1 Å². The van der Waals surface area contributed by atoms with Crippen LogP contribution in [0.3, 0.4) is 0 Å². The average Bonchev–Trinajstić information content (AvgIpc) is 1.64. The Kier molecular flexibility index (Phi) is 40.6. The molecule has 1 aliphatic heterocycles. The maximum atomic E-state index is 5.61. The van der Waals surface area contributed by atoms with Crippen molar-refractivity contribution in [2.75, 3.05) is 0 Å². The molecule has 0 fully saturated rings. The molecular formula is C87H148N14OS5. The summed E-state index contributed by atoms with van der Waals surface area (Å²) in [6.45, 7) is 61.4. The lowest BCUT2D eigenvalue weighted by Crippen LogP contribution is -1.99. The molecule has 20 heteroatoms. The van der Waals surface area contributed by atoms with Crippen molar-refractivity contribution in [3.8, 4) is 0 Å². The van der Waals surface area contributed by atoms with Gasteiger partial charge in [0.15, 0.2) is 15.6 Å². The summed E-state index contributed by atoms with van der Waals surface area (Å²) in [5.41, 5.74) is 15.7. The molecule has 15 nitrogen and oxygen atoms in total. The fourth-order valence-corrected chi connectivity index (χ4v) is 15.6. The molecule has 1 aliphatic rings. The van der Waals surface area contributed by atoms with Crippen LogP contribution in [-0.2, 0) is 13.5 Å². The molecule has 0 aromatic carbocycles. The number of aromatic amines is 1. The maximum Gasteiger partial charge on any atom is 0.194 e. The van der Waals surface area contributed by atoms with Gasteiger partial charge in [-0.2, -0.15) is 4.57 Å². The molecular weight excluding hydrogens is 1420 g/mol. The van der Waals surface area contributed by atoms with Gasteiger partial charge in [0.2, 0.25) is 0 Å². The van der Waals surface area contributed by atoms with E-state index in [2.05, 4.69) is 323 Å². The Morgan fingerprint density at radius 1 is 0.439 bits per heavy atom. The van der Waals surface area contributed by atoms with Gasteiger partial charge in [0.25, 0.3) is 0 Å². The highest BCUT2D eigenvalue weighted by molar-refractivity contribution is 7.18. The zero-order chi connectivity index (χ0) is 72.9. The minimum Gasteiger partial charge on any atom is -0.378 e. The molecule has 0 radical (unpaired) electrons. The summed E-state index contributed by atoms with van der Waals surface area (Å²) in [5, 5.41) is 4.56. The van der Waals surface area contributed by atoms with Crippen LogP contribution in [0.1, 0.15) is 407 Å². The van der Waals surface area contributed by atoms with Crippen molar-refractivity contribution in [2.45, 2.75) is 337 Å². The highest BCUT2D eigenvalue weighted by Crippen LogP contribution is 2.35. The van der Waals surface area contributed by atoms with Crippen LogP contribution in [0.25, 0.3) is 48.1 Å². The van der Waals surface area contributed by atoms with Crippen LogP contribution in [0.15, 0.2) is 76.9 Å². The van der Waals surface area contributed by atoms with Crippen molar-refractivity contribution in [1.82, 2.24) is 66.2 Å². The zero-order valence-electron chi connectivity index (χ0n) is 65.0. The van der Waals surface area contributed by atoms with Gasteiger partial charge >= 0.3 is 0 Å². The third-order valence-electron chi connectivity index (χ3n) is 17.4. The molecule has 0 saturated carbocycles. The zero-order valence-corrected chi connectivity index (χ0v) is 69.1. The number of H-pyrrole nitrogens is 1. The second-order valence-electron chi connectivity index (χ2n) is 30.8. The van der Waals surface area contributed by atoms with E-state index in [0.29, 0.717) is 82.9 Å². The molecule has 0 aliphatic carbocycles. The first-order chi connectivity index (χ1) is 46.5. The molecule has 0 amide bonds. The molecule has 0 bridgehead atoms. The fourth-order valence-electron chi connectivity index (χ4n) is 10.9. The van der Waals surface area contributed by atoms with Gasteiger partial charge in [0.1, 0.15) is 32.4 Å². The van der Waals surface area contributed by atoms with Gasteiger partial charge in [0.05, 0.1) is 50.2 Å². The summed E-state index contributed by atoms with van der Waals surface area (Å²) in [7, 11) is 2.14. The second kappa shape index (κ2) is 43.2. The van der Waals surface area contributed by atoms with Gasteiger partial charge in [0, 0.05) is 107 Å². The first kappa shape index (κ1) is 101. The molecule has 1 N–H and O–H groups in total. The molecule has 0 atom stereocenters. The van der Waals surface area contributed by atoms with Crippen LogP contribution in [-0.4, -0.2) is 66.2 Å². The minimum atomic E-state index is 0. The first-order valence-electron chi connectivity index (χ1n) is 36.2. The molecule has 602 valence electrons. The van der Waals surface area contributed by atoms with Gasteiger partial charge < -0.3 is 18.6 Å². The Morgan fingerprint density at radius 3 is 1.46 bits per heavy atom. The van der Waals surface area contributed by atoms with Crippen LogP contribution in [0.4, 0.5) is 0 Å². The topological polar surface area (TPSA) is 147 Å². The number of aromatic nitrogens is 14. The Balaban J connectivity index is 0.00000121. The quantitative estimate of drug-likeness (QED) is 0.113. The number of nitrogens with zero attached hydrogens (tertiary/aromatic N) is 13. The molecule has 14 rings (SSSR count). The molecule has 107 heavy (non-hydrogen) atoms. The van der Waals surface area contributed by atoms with Crippen molar-refractivity contribution in [3.05, 3.63) is 149 Å². The van der Waals surface area contributed by atoms with E-state index in [-0.39, 0.29) is 59.4 Å². The van der Waals surface area contributed by atoms with Crippen molar-refractivity contribution >= 4 is 105 Å². The van der Waals surface area contributed by atoms with Crippen LogP contribution in [0, 0.1) is 5.92 Å². The normalized spacial score (nSPS) is 11.6. The molecule has 0 spiro atoms. The predicted molar refractivity (Wildman–Crippen MR) is 481 cm³/mol. The summed E-state index contributed by atoms with van der Waals surface area (Å²) in [5.74, 6) is 9.71. The van der Waals surface area contributed by atoms with Gasteiger partial charge in [-0.3, -0.25) is 12.6 Å². The largest absolute Gasteiger partial charge is 0.378 e. The third kappa shape index (κ3) is 24.8. The Morgan fingerprint density at radius 2 is 0.991 bits per heavy atom. The van der Waals surface area contributed by atoms with Gasteiger partial charge in [-0.15, -0.1) is 45.3 Å². The maximum absolute atomic E-state index is 5.61. The summed E-state index contributed by atoms with van der Waals surface area (Å²) in [6.07, 6.45) is 16.0. The van der Waals surface area contributed by atoms with Crippen LogP contribution < -0.4 is 0 Å². The number of fused-ring (bicyclic) bond motifs is 7. The van der Waals surface area contributed by atoms with Crippen LogP contribution in [0.2, 0.25) is 0 Å². The standard InChI is InChI=1S/C12H18N2S.C12H18N2.C11H16N2O.4C11H16N2S.8CH4/c1-7(2)10-6-9-12(14(10)5)15-11(13-9)8(3)4;1-8(2)10-5-12-13-11(9(3)4)7-14(12)6-10;2*1-7(2)9-6-13-11(12-9)5-10(14-13)8(3)4;1-7(2)9-5-13-6-10(8(3)4)14-11(13)12-9;1-7(2)9-10(8(3)4)13-5-6-14-11(13)12-9;1-6(2)8-5-9-11(12-8)14-10(13-9)7(3)4;;;;;;;;/h6-8H,1-5H3;6-9H,5H2,1-4H3;4*5-8H,1-4H3;5-7,12H,1-4H3;8*1H4. The van der Waals surface area contributed by atoms with E-state index in [9.17, 15) is 0 Å². The van der Waals surface area contributed by atoms with Crippen molar-refractivity contribution < 1.29 is 4.52 Å². The van der Waals surface area contributed by atoms with Gasteiger partial charge in [-0.1, -0.05) is 265 Å². The monoisotopic (exact) mass is 1570 g/mol. The number of rotatable bonds is 14. The molecule has 0 unspecified atom stereocenters. The average molecular weight is 1570 g/mol. The summed E-state index contributed by atoms with van der Waals surface area (Å²) < 4.78 is 18.4. The second-order valence-corrected chi connectivity index (χ2v) is 35.8. The van der Waals surface area contributed by atoms with E-state index in [0.717, 1.165) is 50.1 Å². The van der Waals surface area contributed by atoms with E-state index >= 15 is 0 Å². The number of thiazole rings is 4. The molecule has 13 aromatic heterocycles. The van der Waals surface area contributed by atoms with E-state index in [4.69, 9.17) is 4.52 Å². The highest BCUT2D eigenvalue weighted by Gasteiger charge is 2.22. The Bertz CT molecular complexity index is 4080. The number of nitrogens with one attached hydrogen (secondary N) is 1. The lowest BCUT2D eigenvalue weighted by molar-refractivity contribution is 0.334. The van der Waals surface area contributed by atoms with Crippen LogP contribution >= 0.6 is 56.9 Å². The van der Waals surface area contributed by atoms with Gasteiger partial charge in [-0.05, 0) is 88.9 Å². The van der Waals surface area contributed by atoms with Crippen molar-refractivity contribution in [1.29, 1.82) is 0 Å². The highest BCUT2D eigenvalue weighted by atomic mass is 32.1. The summed E-state index contributed by atoms with van der Waals surface area (Å²) in [4.78, 5) is 43.3. The molecule has 13 aromatic rings. The summed E-state index contributed by atoms with van der Waals surface area (Å²) in [6, 6.07) is 8.60. The van der Waals surface area contributed by atoms with Gasteiger partial charge in [-0.25, -0.2) is 34.9 Å². The van der Waals surface area contributed by atoms with Crippen molar-refractivity contribution in [3.63, 3.8) is 0 Å². The number of aryl methyl sites for hydroxylation is 1. The van der Waals surface area contributed by atoms with Crippen LogP contribution in [0.5, 0.6) is 0 Å². The van der Waals surface area contributed by atoms with E-state index in [1.807, 2.05) is 23.6 Å². The van der Waals surface area contributed by atoms with E-state index < -0.39 is 0 Å². The predicted octanol–water partition coefficient (Wildman–Crippen LogP) is 30.0. The lowest BCUT2D eigenvalue weighted by atomic mass is 10.0. The minimum absolute atomic E-state index is 0. The number of allylic oxidation sites excluding steroid dienone is 1. The Labute approximate surface area is 669 Å². The summed E-state index contributed by atoms with van der Waals surface area (Å²) >= 11 is 8.90. The lowest BCUT2D eigenvalue weighted by Gasteiger charge is -2.09. The first-order valence-corrected chi connectivity index (χ1v) is 40.3. The number of imidazole rings is 5. The molecule has 0 saturated heterocycles. The SMILES string of the molecule is C.C.C.C.C.C.C.C.CC(C)C1=Cn2cc(C(C)C)nc2C1.CC(C)c1cc2nc(C(C)C)sc2[nH]1.CC(C)c1cn2cc(C(C)C)sc2n1.CC(C)c1cn2oc(C(C)C)cc2n1.CC(C)c1cn2sc(C(C)C)cc2n1.CC(C)c1nc2cc(C(C)C)n(C)c2s1.CC(C)c1nc2sccn2c1C(C)C. The van der Waals surface area contributed by atoms with E-state index in [1.165, 1.54) is 80.7 Å². The Hall–Kier alpha value is -6.45. The van der Waals surface area contributed by atoms with Crippen molar-refractivity contribution in [2.24, 2.45) is 13.0 Å².